The largest absolute Gasteiger partial charge is 0.497 e. The van der Waals surface area contributed by atoms with Crippen molar-refractivity contribution < 1.29 is 19.1 Å². The molecule has 1 aliphatic rings. The molecule has 1 unspecified atom stereocenters. The lowest BCUT2D eigenvalue weighted by Gasteiger charge is -2.18. The molecule has 2 aromatic rings. The Bertz CT molecular complexity index is 848. The zero-order valence-electron chi connectivity index (χ0n) is 17.2. The average molecular weight is 396 g/mol. The minimum absolute atomic E-state index is 0.0320. The number of carbonyl (C=O) groups is 2. The molecule has 6 nitrogen and oxygen atoms in total. The summed E-state index contributed by atoms with van der Waals surface area (Å²) in [7, 11) is 1.63. The van der Waals surface area contributed by atoms with Gasteiger partial charge in [0.15, 0.2) is 0 Å². The lowest BCUT2D eigenvalue weighted by atomic mass is 10.1. The first-order chi connectivity index (χ1) is 14.0. The first-order valence-electron chi connectivity index (χ1n) is 9.94. The number of methoxy groups -OCH3 is 1. The van der Waals surface area contributed by atoms with Gasteiger partial charge < -0.3 is 19.7 Å². The van der Waals surface area contributed by atoms with Crippen LogP contribution >= 0.6 is 0 Å². The van der Waals surface area contributed by atoms with Crippen molar-refractivity contribution in [3.05, 3.63) is 54.1 Å². The van der Waals surface area contributed by atoms with E-state index in [-0.39, 0.29) is 30.3 Å². The summed E-state index contributed by atoms with van der Waals surface area (Å²) in [6.07, 6.45) is 1.04. The summed E-state index contributed by atoms with van der Waals surface area (Å²) in [6.45, 7) is 4.86. The van der Waals surface area contributed by atoms with Crippen LogP contribution in [-0.4, -0.2) is 38.1 Å². The Kier molecular flexibility index (Phi) is 6.75. The number of ether oxygens (including phenoxy) is 2. The molecule has 0 spiro atoms. The molecule has 1 saturated heterocycles. The van der Waals surface area contributed by atoms with Gasteiger partial charge in [0, 0.05) is 25.2 Å². The molecule has 0 saturated carbocycles. The summed E-state index contributed by atoms with van der Waals surface area (Å²) < 4.78 is 10.9. The topological polar surface area (TPSA) is 67.9 Å². The van der Waals surface area contributed by atoms with E-state index in [1.54, 1.807) is 12.0 Å². The number of nitrogens with zero attached hydrogens (tertiary/aromatic N) is 1. The normalized spacial score (nSPS) is 16.2. The number of anilines is 1. The predicted molar refractivity (Wildman–Crippen MR) is 112 cm³/mol. The first kappa shape index (κ1) is 20.7. The van der Waals surface area contributed by atoms with E-state index >= 15 is 0 Å². The van der Waals surface area contributed by atoms with Crippen molar-refractivity contribution in [1.82, 2.24) is 5.32 Å². The minimum atomic E-state index is -0.334. The second kappa shape index (κ2) is 9.45. The Morgan fingerprint density at radius 2 is 1.93 bits per heavy atom. The molecule has 1 heterocycles. The fourth-order valence-electron chi connectivity index (χ4n) is 3.41. The standard InChI is InChI=1S/C23H28N2O4/c1-16(2)29-20-9-7-19(8-10-20)25-15-18(14-22(25)26)23(27)24-12-11-17-5-4-6-21(13-17)28-3/h4-10,13,16,18H,11-12,14-15H2,1-3H3,(H,24,27). The van der Waals surface area contributed by atoms with E-state index < -0.39 is 0 Å². The highest BCUT2D eigenvalue weighted by Gasteiger charge is 2.34. The van der Waals surface area contributed by atoms with Crippen molar-refractivity contribution in [2.75, 3.05) is 25.1 Å². The number of amides is 2. The van der Waals surface area contributed by atoms with Gasteiger partial charge in [-0.3, -0.25) is 9.59 Å². The third-order valence-electron chi connectivity index (χ3n) is 4.86. The van der Waals surface area contributed by atoms with Crippen molar-refractivity contribution in [2.24, 2.45) is 5.92 Å². The monoisotopic (exact) mass is 396 g/mol. The Labute approximate surface area is 171 Å². The van der Waals surface area contributed by atoms with Crippen molar-refractivity contribution in [3.63, 3.8) is 0 Å². The van der Waals surface area contributed by atoms with E-state index in [2.05, 4.69) is 5.32 Å². The summed E-state index contributed by atoms with van der Waals surface area (Å²) in [5.74, 6) is 1.12. The lowest BCUT2D eigenvalue weighted by molar-refractivity contribution is -0.126. The van der Waals surface area contributed by atoms with E-state index in [0.29, 0.717) is 19.5 Å². The predicted octanol–water partition coefficient (Wildman–Crippen LogP) is 3.19. The van der Waals surface area contributed by atoms with Crippen LogP contribution in [0.2, 0.25) is 0 Å². The van der Waals surface area contributed by atoms with Gasteiger partial charge in [-0.05, 0) is 62.2 Å². The zero-order valence-corrected chi connectivity index (χ0v) is 17.2. The maximum Gasteiger partial charge on any atom is 0.227 e. The molecular formula is C23H28N2O4. The van der Waals surface area contributed by atoms with Crippen molar-refractivity contribution in [3.8, 4) is 11.5 Å². The van der Waals surface area contributed by atoms with Gasteiger partial charge in [-0.1, -0.05) is 12.1 Å². The third-order valence-corrected chi connectivity index (χ3v) is 4.86. The Morgan fingerprint density at radius 1 is 1.17 bits per heavy atom. The maximum absolute atomic E-state index is 12.5. The Balaban J connectivity index is 1.51. The molecule has 0 bridgehead atoms. The molecule has 2 amide bonds. The molecule has 0 aromatic heterocycles. The average Bonchev–Trinajstić information content (AvgIpc) is 3.10. The van der Waals surface area contributed by atoms with Gasteiger partial charge in [-0.2, -0.15) is 0 Å². The molecule has 0 aliphatic carbocycles. The van der Waals surface area contributed by atoms with E-state index in [1.165, 1.54) is 0 Å². The van der Waals surface area contributed by atoms with Gasteiger partial charge in [-0.15, -0.1) is 0 Å². The van der Waals surface area contributed by atoms with Crippen molar-refractivity contribution in [1.29, 1.82) is 0 Å². The van der Waals surface area contributed by atoms with Crippen LogP contribution in [0, 0.1) is 5.92 Å². The van der Waals surface area contributed by atoms with Crippen molar-refractivity contribution >= 4 is 17.5 Å². The smallest absolute Gasteiger partial charge is 0.227 e. The number of benzene rings is 2. The van der Waals surface area contributed by atoms with Crippen LogP contribution in [0.1, 0.15) is 25.8 Å². The number of hydrogen-bond donors (Lipinski definition) is 1. The second-order valence-electron chi connectivity index (χ2n) is 7.46. The number of rotatable bonds is 8. The Morgan fingerprint density at radius 3 is 2.62 bits per heavy atom. The summed E-state index contributed by atoms with van der Waals surface area (Å²) in [4.78, 5) is 26.6. The first-order valence-corrected chi connectivity index (χ1v) is 9.94. The molecule has 6 heteroatoms. The van der Waals surface area contributed by atoms with Crippen LogP contribution in [0.3, 0.4) is 0 Å². The summed E-state index contributed by atoms with van der Waals surface area (Å²) in [6, 6.07) is 15.2. The molecule has 1 fully saturated rings. The molecule has 1 atom stereocenters. The third kappa shape index (κ3) is 5.50. The van der Waals surface area contributed by atoms with Crippen LogP contribution in [0.4, 0.5) is 5.69 Å². The lowest BCUT2D eigenvalue weighted by Crippen LogP contribution is -2.34. The SMILES string of the molecule is COc1cccc(CCNC(=O)C2CC(=O)N(c3ccc(OC(C)C)cc3)C2)c1. The zero-order chi connectivity index (χ0) is 20.8. The minimum Gasteiger partial charge on any atom is -0.497 e. The molecule has 0 radical (unpaired) electrons. The van der Waals surface area contributed by atoms with Crippen LogP contribution in [0.5, 0.6) is 11.5 Å². The fraction of sp³-hybridized carbons (Fsp3) is 0.391. The molecule has 2 aromatic carbocycles. The molecule has 29 heavy (non-hydrogen) atoms. The summed E-state index contributed by atoms with van der Waals surface area (Å²) >= 11 is 0. The number of nitrogens with one attached hydrogen (secondary N) is 1. The van der Waals surface area contributed by atoms with Crippen LogP contribution in [0.25, 0.3) is 0 Å². The van der Waals surface area contributed by atoms with Crippen LogP contribution < -0.4 is 19.7 Å². The van der Waals surface area contributed by atoms with Crippen LogP contribution in [-0.2, 0) is 16.0 Å². The second-order valence-corrected chi connectivity index (χ2v) is 7.46. The molecule has 154 valence electrons. The van der Waals surface area contributed by atoms with Crippen LogP contribution in [0.15, 0.2) is 48.5 Å². The molecule has 1 aliphatic heterocycles. The van der Waals surface area contributed by atoms with Crippen molar-refractivity contribution in [2.45, 2.75) is 32.8 Å². The molecule has 3 rings (SSSR count). The molecule has 1 N–H and O–H groups in total. The van der Waals surface area contributed by atoms with E-state index in [1.807, 2.05) is 62.4 Å². The van der Waals surface area contributed by atoms with Gasteiger partial charge in [0.2, 0.25) is 11.8 Å². The fourth-order valence-corrected chi connectivity index (χ4v) is 3.41. The van der Waals surface area contributed by atoms with Gasteiger partial charge in [0.25, 0.3) is 0 Å². The van der Waals surface area contributed by atoms with Gasteiger partial charge in [0.05, 0.1) is 19.1 Å². The van der Waals surface area contributed by atoms with E-state index in [0.717, 1.165) is 22.7 Å². The highest BCUT2D eigenvalue weighted by molar-refractivity contribution is 6.00. The maximum atomic E-state index is 12.5. The van der Waals surface area contributed by atoms with E-state index in [4.69, 9.17) is 9.47 Å². The Hall–Kier alpha value is -3.02. The van der Waals surface area contributed by atoms with Gasteiger partial charge in [-0.25, -0.2) is 0 Å². The van der Waals surface area contributed by atoms with Gasteiger partial charge >= 0.3 is 0 Å². The number of carbonyl (C=O) groups excluding carboxylic acids is 2. The number of hydrogen-bond acceptors (Lipinski definition) is 4. The van der Waals surface area contributed by atoms with Gasteiger partial charge in [0.1, 0.15) is 11.5 Å². The highest BCUT2D eigenvalue weighted by Crippen LogP contribution is 2.27. The summed E-state index contributed by atoms with van der Waals surface area (Å²) in [5.41, 5.74) is 1.88. The quantitative estimate of drug-likeness (QED) is 0.744. The van der Waals surface area contributed by atoms with E-state index in [9.17, 15) is 9.59 Å². The summed E-state index contributed by atoms with van der Waals surface area (Å²) in [5, 5.41) is 2.96. The highest BCUT2D eigenvalue weighted by atomic mass is 16.5. The molecular weight excluding hydrogens is 368 g/mol.